The molecule has 6 nitrogen and oxygen atoms in total. The molecule has 2 aromatic rings. The Bertz CT molecular complexity index is 650. The molecule has 0 bridgehead atoms. The van der Waals surface area contributed by atoms with Gasteiger partial charge in [-0.25, -0.2) is 0 Å². The molecule has 0 aliphatic rings. The molecular formula is C18H25N5O. The van der Waals surface area contributed by atoms with E-state index in [1.807, 2.05) is 31.1 Å². The number of likely N-dealkylation sites (N-methyl/N-ethyl adjacent to an activating group) is 1. The molecule has 1 heterocycles. The van der Waals surface area contributed by atoms with Crippen molar-refractivity contribution in [2.45, 2.75) is 19.8 Å². The number of nitrogens with one attached hydrogen (secondary N) is 2. The van der Waals surface area contributed by atoms with Crippen molar-refractivity contribution in [2.75, 3.05) is 32.5 Å². The summed E-state index contributed by atoms with van der Waals surface area (Å²) in [6.07, 6.45) is 0. The van der Waals surface area contributed by atoms with Crippen LogP contribution in [0.3, 0.4) is 0 Å². The molecule has 0 atom stereocenters. The van der Waals surface area contributed by atoms with Crippen LogP contribution >= 0.6 is 0 Å². The van der Waals surface area contributed by atoms with Gasteiger partial charge in [0.25, 0.3) is 5.91 Å². The highest BCUT2D eigenvalue weighted by atomic mass is 16.1. The maximum Gasteiger partial charge on any atom is 0.271 e. The van der Waals surface area contributed by atoms with Crippen LogP contribution in [0.1, 0.15) is 35.8 Å². The fourth-order valence-corrected chi connectivity index (χ4v) is 2.10. The molecule has 0 fully saturated rings. The molecule has 0 unspecified atom stereocenters. The fraction of sp³-hybridized carbons (Fsp3) is 0.389. The van der Waals surface area contributed by atoms with Crippen LogP contribution in [0.15, 0.2) is 36.4 Å². The molecule has 1 aromatic carbocycles. The third-order valence-corrected chi connectivity index (χ3v) is 3.59. The van der Waals surface area contributed by atoms with Gasteiger partial charge in [0.05, 0.1) is 0 Å². The average Bonchev–Trinajstić information content (AvgIpc) is 2.55. The summed E-state index contributed by atoms with van der Waals surface area (Å²) < 4.78 is 0. The van der Waals surface area contributed by atoms with E-state index >= 15 is 0 Å². The summed E-state index contributed by atoms with van der Waals surface area (Å²) in [4.78, 5) is 13.9. The minimum Gasteiger partial charge on any atom is -0.349 e. The number of nitrogens with zero attached hydrogens (tertiary/aromatic N) is 3. The maximum absolute atomic E-state index is 11.9. The van der Waals surface area contributed by atoms with E-state index in [9.17, 15) is 4.79 Å². The number of amides is 1. The summed E-state index contributed by atoms with van der Waals surface area (Å²) >= 11 is 0. The van der Waals surface area contributed by atoms with Crippen LogP contribution in [0.2, 0.25) is 0 Å². The lowest BCUT2D eigenvalue weighted by atomic mass is 10.0. The Morgan fingerprint density at radius 2 is 1.79 bits per heavy atom. The monoisotopic (exact) mass is 327 g/mol. The van der Waals surface area contributed by atoms with Gasteiger partial charge in [-0.2, -0.15) is 0 Å². The first-order valence-corrected chi connectivity index (χ1v) is 8.09. The lowest BCUT2D eigenvalue weighted by Crippen LogP contribution is -2.31. The van der Waals surface area contributed by atoms with Crippen LogP contribution in [-0.4, -0.2) is 48.2 Å². The lowest BCUT2D eigenvalue weighted by molar-refractivity contribution is 0.0945. The number of aromatic nitrogens is 2. The summed E-state index contributed by atoms with van der Waals surface area (Å²) in [7, 11) is 3.92. The summed E-state index contributed by atoms with van der Waals surface area (Å²) in [5, 5.41) is 14.0. The zero-order chi connectivity index (χ0) is 17.5. The molecule has 0 spiro atoms. The predicted molar refractivity (Wildman–Crippen MR) is 96.7 cm³/mol. The second-order valence-electron chi connectivity index (χ2n) is 6.26. The van der Waals surface area contributed by atoms with Crippen molar-refractivity contribution in [2.24, 2.45) is 0 Å². The fourth-order valence-electron chi connectivity index (χ4n) is 2.10. The van der Waals surface area contributed by atoms with E-state index < -0.39 is 0 Å². The molecule has 0 aliphatic heterocycles. The number of carbonyl (C=O) groups is 1. The zero-order valence-electron chi connectivity index (χ0n) is 14.7. The summed E-state index contributed by atoms with van der Waals surface area (Å²) in [5.41, 5.74) is 2.54. The topological polar surface area (TPSA) is 70.2 Å². The number of benzene rings is 1. The minimum absolute atomic E-state index is 0.211. The molecule has 128 valence electrons. The number of hydrogen-bond donors (Lipinski definition) is 2. The molecule has 2 N–H and O–H groups in total. The number of anilines is 2. The third kappa shape index (κ3) is 5.31. The van der Waals surface area contributed by atoms with E-state index in [2.05, 4.69) is 46.8 Å². The van der Waals surface area contributed by atoms with E-state index in [4.69, 9.17) is 0 Å². The molecule has 1 aromatic heterocycles. The molecule has 0 saturated carbocycles. The van der Waals surface area contributed by atoms with Crippen molar-refractivity contribution < 1.29 is 4.79 Å². The predicted octanol–water partition coefficient (Wildman–Crippen LogP) is 2.64. The second kappa shape index (κ2) is 8.40. The van der Waals surface area contributed by atoms with Crippen LogP contribution in [0, 0.1) is 0 Å². The Morgan fingerprint density at radius 3 is 2.33 bits per heavy atom. The highest BCUT2D eigenvalue weighted by molar-refractivity contribution is 5.92. The van der Waals surface area contributed by atoms with Gasteiger partial charge in [0.15, 0.2) is 11.5 Å². The van der Waals surface area contributed by atoms with E-state index in [1.165, 1.54) is 5.56 Å². The van der Waals surface area contributed by atoms with Crippen molar-refractivity contribution in [3.63, 3.8) is 0 Å². The Balaban J connectivity index is 1.92. The third-order valence-electron chi connectivity index (χ3n) is 3.59. The molecule has 2 rings (SSSR count). The number of hydrogen-bond acceptors (Lipinski definition) is 5. The van der Waals surface area contributed by atoms with E-state index in [0.29, 0.717) is 24.0 Å². The van der Waals surface area contributed by atoms with Crippen molar-refractivity contribution in [1.82, 2.24) is 20.4 Å². The Morgan fingerprint density at radius 1 is 1.08 bits per heavy atom. The normalized spacial score (nSPS) is 10.9. The minimum atomic E-state index is -0.211. The van der Waals surface area contributed by atoms with Gasteiger partial charge in [0.1, 0.15) is 0 Å². The summed E-state index contributed by atoms with van der Waals surface area (Å²) in [6.45, 7) is 5.69. The second-order valence-corrected chi connectivity index (χ2v) is 6.26. The van der Waals surface area contributed by atoms with Crippen molar-refractivity contribution in [1.29, 1.82) is 0 Å². The van der Waals surface area contributed by atoms with Crippen LogP contribution in [-0.2, 0) is 0 Å². The van der Waals surface area contributed by atoms with Gasteiger partial charge in [-0.05, 0) is 49.8 Å². The Labute approximate surface area is 143 Å². The molecule has 0 saturated heterocycles. The quantitative estimate of drug-likeness (QED) is 0.818. The molecule has 24 heavy (non-hydrogen) atoms. The van der Waals surface area contributed by atoms with Gasteiger partial charge >= 0.3 is 0 Å². The SMILES string of the molecule is CC(C)c1ccc(Nc2ccc(C(=O)NCCN(C)C)nn2)cc1. The van der Waals surface area contributed by atoms with E-state index in [-0.39, 0.29) is 5.91 Å². The Kier molecular flexibility index (Phi) is 6.26. The van der Waals surface area contributed by atoms with Crippen molar-refractivity contribution in [3.05, 3.63) is 47.7 Å². The van der Waals surface area contributed by atoms with Gasteiger partial charge in [0, 0.05) is 18.8 Å². The average molecular weight is 327 g/mol. The molecular weight excluding hydrogens is 302 g/mol. The summed E-state index contributed by atoms with van der Waals surface area (Å²) in [5.74, 6) is 0.901. The van der Waals surface area contributed by atoms with Crippen LogP contribution in [0.5, 0.6) is 0 Å². The number of carbonyl (C=O) groups excluding carboxylic acids is 1. The molecule has 1 amide bonds. The highest BCUT2D eigenvalue weighted by Gasteiger charge is 2.08. The van der Waals surface area contributed by atoms with Gasteiger partial charge in [-0.3, -0.25) is 4.79 Å². The Hall–Kier alpha value is -2.47. The van der Waals surface area contributed by atoms with E-state index in [0.717, 1.165) is 12.2 Å². The van der Waals surface area contributed by atoms with Crippen LogP contribution in [0.25, 0.3) is 0 Å². The maximum atomic E-state index is 11.9. The van der Waals surface area contributed by atoms with Crippen molar-refractivity contribution >= 4 is 17.4 Å². The molecule has 0 aliphatic carbocycles. The van der Waals surface area contributed by atoms with Gasteiger partial charge < -0.3 is 15.5 Å². The first kappa shape index (κ1) is 17.9. The van der Waals surface area contributed by atoms with Gasteiger partial charge in [0.2, 0.25) is 0 Å². The van der Waals surface area contributed by atoms with Crippen molar-refractivity contribution in [3.8, 4) is 0 Å². The highest BCUT2D eigenvalue weighted by Crippen LogP contribution is 2.19. The van der Waals surface area contributed by atoms with Crippen LogP contribution < -0.4 is 10.6 Å². The molecule has 0 radical (unpaired) electrons. The molecule has 6 heteroatoms. The zero-order valence-corrected chi connectivity index (χ0v) is 14.7. The van der Waals surface area contributed by atoms with Gasteiger partial charge in [-0.15, -0.1) is 10.2 Å². The first-order valence-electron chi connectivity index (χ1n) is 8.09. The summed E-state index contributed by atoms with van der Waals surface area (Å²) in [6, 6.07) is 11.6. The lowest BCUT2D eigenvalue weighted by Gasteiger charge is -2.10. The number of rotatable bonds is 7. The largest absolute Gasteiger partial charge is 0.349 e. The van der Waals surface area contributed by atoms with Gasteiger partial charge in [-0.1, -0.05) is 26.0 Å². The van der Waals surface area contributed by atoms with E-state index in [1.54, 1.807) is 12.1 Å². The smallest absolute Gasteiger partial charge is 0.271 e. The van der Waals surface area contributed by atoms with Crippen LogP contribution in [0.4, 0.5) is 11.5 Å². The first-order chi connectivity index (χ1) is 11.5. The standard InChI is InChI=1S/C18H25N5O/c1-13(2)14-5-7-15(8-6-14)20-17-10-9-16(21-22-17)18(24)19-11-12-23(3)4/h5-10,13H,11-12H2,1-4H3,(H,19,24)(H,20,22).